The molecular weight excluding hydrogens is 484 g/mol. The van der Waals surface area contributed by atoms with Gasteiger partial charge < -0.3 is 16.0 Å². The highest BCUT2D eigenvalue weighted by Gasteiger charge is 2.09. The van der Waals surface area contributed by atoms with Crippen molar-refractivity contribution in [1.82, 2.24) is 10.3 Å². The van der Waals surface area contributed by atoms with Crippen LogP contribution in [0, 0.1) is 0 Å². The van der Waals surface area contributed by atoms with Gasteiger partial charge in [-0.05, 0) is 73.2 Å². The number of pyridine rings is 1. The third kappa shape index (κ3) is 5.49. The zero-order valence-corrected chi connectivity index (χ0v) is 19.7. The number of anilines is 2. The minimum absolute atomic E-state index is 0.0669. The van der Waals surface area contributed by atoms with E-state index >= 15 is 0 Å². The van der Waals surface area contributed by atoms with Crippen molar-refractivity contribution in [3.05, 3.63) is 101 Å². The Hall–Kier alpha value is -3.29. The van der Waals surface area contributed by atoms with E-state index in [1.807, 2.05) is 78.9 Å². The number of amides is 1. The molecule has 0 saturated carbocycles. The Morgan fingerprint density at radius 2 is 1.59 bits per heavy atom. The number of para-hydroxylation sites is 1. The largest absolute Gasteiger partial charge is 0.356 e. The lowest BCUT2D eigenvalue weighted by molar-refractivity contribution is 0.102. The number of hydrogen-bond donors (Lipinski definition) is 3. The maximum Gasteiger partial charge on any atom is 0.257 e. The number of rotatable bonds is 5. The standard InChI is InChI=1S/C25H21BrN4OS/c1-16(17-6-8-20(26)9-7-17)28-25(32)30-22-12-10-21(11-13-22)29-24(31)19-14-18-4-2-3-5-23(18)27-15-19/h2-16H,1H3,(H,29,31)(H2,28,30,32). The molecule has 0 aliphatic heterocycles. The Morgan fingerprint density at radius 3 is 2.31 bits per heavy atom. The number of hydrogen-bond acceptors (Lipinski definition) is 3. The number of thiocarbonyl (C=S) groups is 1. The van der Waals surface area contributed by atoms with Gasteiger partial charge in [-0.15, -0.1) is 0 Å². The summed E-state index contributed by atoms with van der Waals surface area (Å²) in [6.45, 7) is 2.05. The number of nitrogens with one attached hydrogen (secondary N) is 3. The average Bonchev–Trinajstić information content (AvgIpc) is 2.80. The number of fused-ring (bicyclic) bond motifs is 1. The lowest BCUT2D eigenvalue weighted by Crippen LogP contribution is -2.30. The lowest BCUT2D eigenvalue weighted by Gasteiger charge is -2.17. The van der Waals surface area contributed by atoms with Gasteiger partial charge in [-0.25, -0.2) is 0 Å². The molecule has 3 N–H and O–H groups in total. The number of nitrogens with zero attached hydrogens (tertiary/aromatic N) is 1. The predicted molar refractivity (Wildman–Crippen MR) is 138 cm³/mol. The third-order valence-corrected chi connectivity index (χ3v) is 5.72. The van der Waals surface area contributed by atoms with Gasteiger partial charge in [-0.1, -0.05) is 46.3 Å². The molecule has 0 aliphatic rings. The molecular formula is C25H21BrN4OS. The first-order valence-electron chi connectivity index (χ1n) is 10.1. The molecule has 0 aliphatic carbocycles. The SMILES string of the molecule is CC(NC(=S)Nc1ccc(NC(=O)c2cnc3ccccc3c2)cc1)c1ccc(Br)cc1. The molecule has 32 heavy (non-hydrogen) atoms. The molecule has 1 amide bonds. The second-order valence-electron chi connectivity index (χ2n) is 7.32. The van der Waals surface area contributed by atoms with Crippen LogP contribution in [0.1, 0.15) is 28.9 Å². The number of benzene rings is 3. The van der Waals surface area contributed by atoms with Crippen molar-refractivity contribution in [2.75, 3.05) is 10.6 Å². The molecule has 1 heterocycles. The fraction of sp³-hybridized carbons (Fsp3) is 0.0800. The smallest absolute Gasteiger partial charge is 0.257 e. The van der Waals surface area contributed by atoms with Crippen molar-refractivity contribution in [3.8, 4) is 0 Å². The zero-order chi connectivity index (χ0) is 22.5. The summed E-state index contributed by atoms with van der Waals surface area (Å²) in [5.74, 6) is -0.204. The van der Waals surface area contributed by atoms with Gasteiger partial charge in [0.15, 0.2) is 5.11 Å². The highest BCUT2D eigenvalue weighted by atomic mass is 79.9. The molecule has 0 saturated heterocycles. The second kappa shape index (κ2) is 9.89. The summed E-state index contributed by atoms with van der Waals surface area (Å²) in [7, 11) is 0. The monoisotopic (exact) mass is 504 g/mol. The van der Waals surface area contributed by atoms with Crippen molar-refractivity contribution >= 4 is 61.4 Å². The third-order valence-electron chi connectivity index (χ3n) is 4.97. The molecule has 7 heteroatoms. The normalized spacial score (nSPS) is 11.6. The predicted octanol–water partition coefficient (Wildman–Crippen LogP) is 6.30. The van der Waals surface area contributed by atoms with Crippen molar-refractivity contribution in [2.24, 2.45) is 0 Å². The highest BCUT2D eigenvalue weighted by molar-refractivity contribution is 9.10. The van der Waals surface area contributed by atoms with Gasteiger partial charge in [0.05, 0.1) is 17.1 Å². The summed E-state index contributed by atoms with van der Waals surface area (Å²) in [6.07, 6.45) is 1.59. The first kappa shape index (κ1) is 21.9. The fourth-order valence-electron chi connectivity index (χ4n) is 3.23. The molecule has 0 bridgehead atoms. The van der Waals surface area contributed by atoms with Crippen LogP contribution in [0.5, 0.6) is 0 Å². The molecule has 0 radical (unpaired) electrons. The maximum absolute atomic E-state index is 12.6. The molecule has 1 unspecified atom stereocenters. The Morgan fingerprint density at radius 1 is 0.938 bits per heavy atom. The van der Waals surface area contributed by atoms with Crippen LogP contribution in [0.25, 0.3) is 10.9 Å². The first-order chi connectivity index (χ1) is 15.5. The van der Waals surface area contributed by atoms with Gasteiger partial charge >= 0.3 is 0 Å². The van der Waals surface area contributed by atoms with E-state index < -0.39 is 0 Å². The van der Waals surface area contributed by atoms with Gasteiger partial charge in [0, 0.05) is 27.4 Å². The minimum atomic E-state index is -0.204. The summed E-state index contributed by atoms with van der Waals surface area (Å²) in [5.41, 5.74) is 4.03. The van der Waals surface area contributed by atoms with Crippen molar-refractivity contribution in [1.29, 1.82) is 0 Å². The van der Waals surface area contributed by atoms with E-state index in [1.165, 1.54) is 0 Å². The van der Waals surface area contributed by atoms with Crippen molar-refractivity contribution < 1.29 is 4.79 Å². The summed E-state index contributed by atoms with van der Waals surface area (Å²) >= 11 is 8.88. The molecule has 4 aromatic rings. The average molecular weight is 505 g/mol. The Bertz CT molecular complexity index is 1260. The van der Waals surface area contributed by atoms with E-state index in [1.54, 1.807) is 6.20 Å². The molecule has 1 aromatic heterocycles. The van der Waals surface area contributed by atoms with Crippen LogP contribution in [0.2, 0.25) is 0 Å². The van der Waals surface area contributed by atoms with E-state index in [0.717, 1.165) is 26.6 Å². The van der Waals surface area contributed by atoms with E-state index in [9.17, 15) is 4.79 Å². The van der Waals surface area contributed by atoms with E-state index in [4.69, 9.17) is 12.2 Å². The first-order valence-corrected chi connectivity index (χ1v) is 11.3. The topological polar surface area (TPSA) is 66.0 Å². The van der Waals surface area contributed by atoms with Gasteiger partial charge in [-0.3, -0.25) is 9.78 Å². The molecule has 160 valence electrons. The number of aromatic nitrogens is 1. The molecule has 0 spiro atoms. The summed E-state index contributed by atoms with van der Waals surface area (Å²) < 4.78 is 1.04. The molecule has 4 rings (SSSR count). The zero-order valence-electron chi connectivity index (χ0n) is 17.3. The second-order valence-corrected chi connectivity index (χ2v) is 8.64. The minimum Gasteiger partial charge on any atom is -0.356 e. The summed E-state index contributed by atoms with van der Waals surface area (Å²) in [5, 5.41) is 10.8. The van der Waals surface area contributed by atoms with E-state index in [0.29, 0.717) is 16.4 Å². The van der Waals surface area contributed by atoms with Gasteiger partial charge in [0.1, 0.15) is 0 Å². The number of carbonyl (C=O) groups is 1. The molecule has 1 atom stereocenters. The summed E-state index contributed by atoms with van der Waals surface area (Å²) in [6, 6.07) is 25.1. The number of halogens is 1. The van der Waals surface area contributed by atoms with Gasteiger partial charge in [0.25, 0.3) is 5.91 Å². The van der Waals surface area contributed by atoms with Crippen LogP contribution < -0.4 is 16.0 Å². The Labute approximate surface area is 200 Å². The fourth-order valence-corrected chi connectivity index (χ4v) is 3.79. The summed E-state index contributed by atoms with van der Waals surface area (Å²) in [4.78, 5) is 16.9. The highest BCUT2D eigenvalue weighted by Crippen LogP contribution is 2.19. The van der Waals surface area contributed by atoms with Crippen LogP contribution in [-0.2, 0) is 0 Å². The number of carbonyl (C=O) groups excluding carboxylic acids is 1. The van der Waals surface area contributed by atoms with Crippen LogP contribution >= 0.6 is 28.1 Å². The van der Waals surface area contributed by atoms with Crippen LogP contribution in [0.15, 0.2) is 89.5 Å². The molecule has 3 aromatic carbocycles. The van der Waals surface area contributed by atoms with E-state index in [2.05, 4.69) is 43.8 Å². The maximum atomic E-state index is 12.6. The van der Waals surface area contributed by atoms with Crippen molar-refractivity contribution in [2.45, 2.75) is 13.0 Å². The molecule has 5 nitrogen and oxygen atoms in total. The van der Waals surface area contributed by atoms with Crippen molar-refractivity contribution in [3.63, 3.8) is 0 Å². The molecule has 0 fully saturated rings. The van der Waals surface area contributed by atoms with Crippen LogP contribution in [-0.4, -0.2) is 16.0 Å². The van der Waals surface area contributed by atoms with E-state index in [-0.39, 0.29) is 11.9 Å². The van der Waals surface area contributed by atoms with Crippen LogP contribution in [0.3, 0.4) is 0 Å². The lowest BCUT2D eigenvalue weighted by atomic mass is 10.1. The quantitative estimate of drug-likeness (QED) is 0.278. The van der Waals surface area contributed by atoms with Gasteiger partial charge in [-0.2, -0.15) is 0 Å². The van der Waals surface area contributed by atoms with Crippen LogP contribution in [0.4, 0.5) is 11.4 Å². The Kier molecular flexibility index (Phi) is 6.78. The Balaban J connectivity index is 1.34. The van der Waals surface area contributed by atoms with Gasteiger partial charge in [0.2, 0.25) is 0 Å².